The molecular weight excluding hydrogens is 399 g/mol. The van der Waals surface area contributed by atoms with Gasteiger partial charge >= 0.3 is 6.18 Å². The lowest BCUT2D eigenvalue weighted by Crippen LogP contribution is -2.03. The van der Waals surface area contributed by atoms with Crippen molar-refractivity contribution in [3.05, 3.63) is 64.6 Å². The number of nitrogens with zero attached hydrogens (tertiary/aromatic N) is 1. The highest BCUT2D eigenvalue weighted by molar-refractivity contribution is 9.10. The summed E-state index contributed by atoms with van der Waals surface area (Å²) in [6, 6.07) is 13.7. The lowest BCUT2D eigenvalue weighted by molar-refractivity contribution is -0.137. The maximum absolute atomic E-state index is 12.7. The maximum Gasteiger partial charge on any atom is 0.416 e. The van der Waals surface area contributed by atoms with Crippen molar-refractivity contribution in [2.24, 2.45) is 0 Å². The molecule has 0 saturated carbocycles. The molecule has 0 atom stereocenters. The van der Waals surface area contributed by atoms with E-state index in [1.807, 2.05) is 18.2 Å². The van der Waals surface area contributed by atoms with Crippen molar-refractivity contribution < 1.29 is 22.0 Å². The average molecular weight is 408 g/mol. The van der Waals surface area contributed by atoms with Crippen LogP contribution in [0.15, 0.2) is 67.9 Å². The number of rotatable bonds is 2. The zero-order valence-corrected chi connectivity index (χ0v) is 14.1. The van der Waals surface area contributed by atoms with Gasteiger partial charge in [-0.15, -0.1) is 0 Å². The number of para-hydroxylation sites is 2. The van der Waals surface area contributed by atoms with Crippen LogP contribution in [-0.4, -0.2) is 4.98 Å². The Morgan fingerprint density at radius 3 is 2.32 bits per heavy atom. The van der Waals surface area contributed by atoms with Crippen LogP contribution in [0.25, 0.3) is 34.1 Å². The second kappa shape index (κ2) is 5.77. The first kappa shape index (κ1) is 16.0. The molecule has 0 aliphatic heterocycles. The SMILES string of the molecule is FC(F)(F)c1ccc(-c2cc(Br)c(-c3nc4ccccc4o3)o2)cc1. The number of halogens is 4. The highest BCUT2D eigenvalue weighted by Gasteiger charge is 2.30. The van der Waals surface area contributed by atoms with Crippen LogP contribution in [0.3, 0.4) is 0 Å². The van der Waals surface area contributed by atoms with Crippen LogP contribution in [-0.2, 0) is 6.18 Å². The molecule has 0 spiro atoms. The summed E-state index contributed by atoms with van der Waals surface area (Å²) in [6.07, 6.45) is -4.37. The predicted octanol–water partition coefficient (Wildman–Crippen LogP) is 6.54. The molecule has 3 nitrogen and oxygen atoms in total. The highest BCUT2D eigenvalue weighted by Crippen LogP contribution is 2.37. The van der Waals surface area contributed by atoms with E-state index in [9.17, 15) is 13.2 Å². The van der Waals surface area contributed by atoms with Crippen LogP contribution in [0.1, 0.15) is 5.56 Å². The second-order valence-corrected chi connectivity index (χ2v) is 6.20. The van der Waals surface area contributed by atoms with Crippen LogP contribution in [0.2, 0.25) is 0 Å². The first-order valence-electron chi connectivity index (χ1n) is 7.25. The van der Waals surface area contributed by atoms with Gasteiger partial charge in [0.1, 0.15) is 11.3 Å². The molecule has 0 amide bonds. The fraction of sp³-hybridized carbons (Fsp3) is 0.0556. The van der Waals surface area contributed by atoms with Crippen molar-refractivity contribution in [1.29, 1.82) is 0 Å². The minimum atomic E-state index is -4.37. The fourth-order valence-corrected chi connectivity index (χ4v) is 2.91. The number of oxazole rings is 1. The van der Waals surface area contributed by atoms with Crippen molar-refractivity contribution in [2.75, 3.05) is 0 Å². The average Bonchev–Trinajstić information content (AvgIpc) is 3.17. The smallest absolute Gasteiger partial charge is 0.416 e. The maximum atomic E-state index is 12.7. The summed E-state index contributed by atoms with van der Waals surface area (Å²) < 4.78 is 50.0. The Bertz CT molecular complexity index is 1020. The number of hydrogen-bond donors (Lipinski definition) is 0. The first-order chi connectivity index (χ1) is 11.9. The van der Waals surface area contributed by atoms with Gasteiger partial charge in [-0.05, 0) is 46.3 Å². The number of aromatic nitrogens is 1. The molecule has 0 radical (unpaired) electrons. The van der Waals surface area contributed by atoms with Crippen LogP contribution < -0.4 is 0 Å². The zero-order valence-electron chi connectivity index (χ0n) is 12.5. The van der Waals surface area contributed by atoms with E-state index < -0.39 is 11.7 Å². The number of benzene rings is 2. The van der Waals surface area contributed by atoms with E-state index in [1.165, 1.54) is 12.1 Å². The molecule has 2 aromatic heterocycles. The van der Waals surface area contributed by atoms with Gasteiger partial charge in [-0.3, -0.25) is 0 Å². The van der Waals surface area contributed by atoms with Crippen LogP contribution in [0, 0.1) is 0 Å². The number of hydrogen-bond acceptors (Lipinski definition) is 3. The van der Waals surface area contributed by atoms with E-state index in [-0.39, 0.29) is 0 Å². The number of furan rings is 1. The van der Waals surface area contributed by atoms with Crippen LogP contribution in [0.4, 0.5) is 13.2 Å². The van der Waals surface area contributed by atoms with Crippen molar-refractivity contribution in [2.45, 2.75) is 6.18 Å². The van der Waals surface area contributed by atoms with Gasteiger partial charge in [0.25, 0.3) is 5.89 Å². The molecule has 126 valence electrons. The van der Waals surface area contributed by atoms with Crippen LogP contribution >= 0.6 is 15.9 Å². The molecule has 0 aliphatic carbocycles. The molecule has 0 aliphatic rings. The first-order valence-corrected chi connectivity index (χ1v) is 8.04. The fourth-order valence-electron chi connectivity index (χ4n) is 2.45. The molecule has 2 aromatic carbocycles. The predicted molar refractivity (Wildman–Crippen MR) is 89.8 cm³/mol. The van der Waals surface area contributed by atoms with E-state index in [1.54, 1.807) is 12.1 Å². The molecule has 4 rings (SSSR count). The van der Waals surface area contributed by atoms with Crippen LogP contribution in [0.5, 0.6) is 0 Å². The minimum absolute atomic E-state index is 0.297. The summed E-state index contributed by atoms with van der Waals surface area (Å²) in [4.78, 5) is 4.36. The molecule has 2 heterocycles. The Balaban J connectivity index is 1.72. The van der Waals surface area contributed by atoms with E-state index in [0.29, 0.717) is 38.5 Å². The molecule has 0 unspecified atom stereocenters. The molecule has 0 saturated heterocycles. The number of fused-ring (bicyclic) bond motifs is 1. The molecule has 4 aromatic rings. The molecule has 7 heteroatoms. The monoisotopic (exact) mass is 407 g/mol. The Morgan fingerprint density at radius 2 is 1.64 bits per heavy atom. The minimum Gasteiger partial charge on any atom is -0.450 e. The summed E-state index contributed by atoms with van der Waals surface area (Å²) in [7, 11) is 0. The van der Waals surface area contributed by atoms with E-state index in [2.05, 4.69) is 20.9 Å². The lowest BCUT2D eigenvalue weighted by Gasteiger charge is -2.06. The molecule has 25 heavy (non-hydrogen) atoms. The van der Waals surface area contributed by atoms with Crippen molar-refractivity contribution in [3.63, 3.8) is 0 Å². The summed E-state index contributed by atoms with van der Waals surface area (Å²) in [6.45, 7) is 0. The third kappa shape index (κ3) is 2.95. The van der Waals surface area contributed by atoms with Crippen molar-refractivity contribution in [1.82, 2.24) is 4.98 Å². The Hall–Kier alpha value is -2.54. The van der Waals surface area contributed by atoms with Gasteiger partial charge in [0.2, 0.25) is 5.76 Å². The Labute approximate surface area is 148 Å². The van der Waals surface area contributed by atoms with Gasteiger partial charge in [0, 0.05) is 5.56 Å². The van der Waals surface area contributed by atoms with Gasteiger partial charge in [-0.1, -0.05) is 24.3 Å². The quantitative estimate of drug-likeness (QED) is 0.378. The topological polar surface area (TPSA) is 39.2 Å². The third-order valence-electron chi connectivity index (χ3n) is 3.67. The molecule has 0 bridgehead atoms. The van der Waals surface area contributed by atoms with Gasteiger partial charge < -0.3 is 8.83 Å². The van der Waals surface area contributed by atoms with Crippen molar-refractivity contribution >= 4 is 27.0 Å². The van der Waals surface area contributed by atoms with Gasteiger partial charge in [-0.2, -0.15) is 13.2 Å². The Morgan fingerprint density at radius 1 is 0.920 bits per heavy atom. The summed E-state index contributed by atoms with van der Waals surface area (Å²) in [5.74, 6) is 1.09. The Kier molecular flexibility index (Phi) is 3.68. The molecule has 0 N–H and O–H groups in total. The standard InChI is InChI=1S/C18H9BrF3NO2/c19-12-9-15(10-5-7-11(8-6-10)18(20,21)22)24-16(12)17-23-13-3-1-2-4-14(13)25-17/h1-9H. The van der Waals surface area contributed by atoms with E-state index in [0.717, 1.165) is 12.1 Å². The second-order valence-electron chi connectivity index (χ2n) is 5.35. The summed E-state index contributed by atoms with van der Waals surface area (Å²) in [5, 5.41) is 0. The molecule has 0 fully saturated rings. The van der Waals surface area contributed by atoms with Crippen molar-refractivity contribution in [3.8, 4) is 23.0 Å². The highest BCUT2D eigenvalue weighted by atomic mass is 79.9. The number of alkyl halides is 3. The lowest BCUT2D eigenvalue weighted by atomic mass is 10.1. The zero-order chi connectivity index (χ0) is 17.6. The summed E-state index contributed by atoms with van der Waals surface area (Å²) >= 11 is 3.38. The van der Waals surface area contributed by atoms with Gasteiger partial charge in [-0.25, -0.2) is 4.98 Å². The third-order valence-corrected chi connectivity index (χ3v) is 4.26. The summed E-state index contributed by atoms with van der Waals surface area (Å²) in [5.41, 5.74) is 1.13. The van der Waals surface area contributed by atoms with E-state index >= 15 is 0 Å². The van der Waals surface area contributed by atoms with Gasteiger partial charge in [0.15, 0.2) is 5.58 Å². The normalized spacial score (nSPS) is 12.0. The van der Waals surface area contributed by atoms with Gasteiger partial charge in [0.05, 0.1) is 10.0 Å². The molecular formula is C18H9BrF3NO2. The van der Waals surface area contributed by atoms with E-state index in [4.69, 9.17) is 8.83 Å². The largest absolute Gasteiger partial charge is 0.450 e.